The largest absolute Gasteiger partial charge is 0.297 e. The maximum atomic E-state index is 2.70. The molecule has 0 amide bonds. The Bertz CT molecular complexity index is 229. The van der Waals surface area contributed by atoms with Crippen LogP contribution in [0.4, 0.5) is 0 Å². The highest BCUT2D eigenvalue weighted by Gasteiger charge is 2.41. The van der Waals surface area contributed by atoms with Crippen molar-refractivity contribution in [2.24, 2.45) is 5.92 Å². The summed E-state index contributed by atoms with van der Waals surface area (Å²) in [6, 6.07) is 1.54. The van der Waals surface area contributed by atoms with Crippen LogP contribution in [0.5, 0.6) is 0 Å². The summed E-state index contributed by atoms with van der Waals surface area (Å²) < 4.78 is 0. The summed E-state index contributed by atoms with van der Waals surface area (Å²) in [6.45, 7) is 15.6. The highest BCUT2D eigenvalue weighted by molar-refractivity contribution is 4.97. The molecule has 0 aliphatic carbocycles. The van der Waals surface area contributed by atoms with Crippen molar-refractivity contribution < 1.29 is 0 Å². The normalized spacial score (nSPS) is 34.0. The van der Waals surface area contributed by atoms with Gasteiger partial charge in [0.15, 0.2) is 0 Å². The number of fused-ring (bicyclic) bond motifs is 2. The average molecular weight is 210 g/mol. The van der Waals surface area contributed by atoms with E-state index in [0.29, 0.717) is 5.54 Å². The summed E-state index contributed by atoms with van der Waals surface area (Å²) in [4.78, 5) is 5.38. The van der Waals surface area contributed by atoms with Crippen LogP contribution in [-0.2, 0) is 0 Å². The van der Waals surface area contributed by atoms with Crippen molar-refractivity contribution in [2.75, 3.05) is 19.6 Å². The van der Waals surface area contributed by atoms with Crippen LogP contribution in [0.15, 0.2) is 0 Å². The second kappa shape index (κ2) is 3.74. The fourth-order valence-corrected chi connectivity index (χ4v) is 3.17. The van der Waals surface area contributed by atoms with Crippen LogP contribution in [0.1, 0.15) is 41.0 Å². The topological polar surface area (TPSA) is 6.48 Å². The second-order valence-electron chi connectivity index (χ2n) is 6.62. The predicted octanol–water partition coefficient (Wildman–Crippen LogP) is 2.20. The van der Waals surface area contributed by atoms with Crippen molar-refractivity contribution in [2.45, 2.75) is 58.7 Å². The Balaban J connectivity index is 2.05. The van der Waals surface area contributed by atoms with E-state index in [-0.39, 0.29) is 0 Å². The fraction of sp³-hybridized carbons (Fsp3) is 1.00. The summed E-state index contributed by atoms with van der Waals surface area (Å²) in [5, 5.41) is 0. The van der Waals surface area contributed by atoms with Gasteiger partial charge in [0.05, 0.1) is 0 Å². The minimum Gasteiger partial charge on any atom is -0.297 e. The SMILES string of the molecule is CC(C)N1CC2CC1CN(C(C)(C)C)C2. The van der Waals surface area contributed by atoms with Crippen molar-refractivity contribution in [1.82, 2.24) is 9.80 Å². The second-order valence-corrected chi connectivity index (χ2v) is 6.62. The highest BCUT2D eigenvalue weighted by atomic mass is 15.3. The summed E-state index contributed by atoms with van der Waals surface area (Å²) in [5.74, 6) is 0.922. The van der Waals surface area contributed by atoms with Gasteiger partial charge in [0, 0.05) is 37.3 Å². The number of hydrogen-bond donors (Lipinski definition) is 0. The zero-order valence-corrected chi connectivity index (χ0v) is 11.0. The molecule has 0 aromatic rings. The Morgan fingerprint density at radius 1 is 1.07 bits per heavy atom. The maximum Gasteiger partial charge on any atom is 0.0229 e. The minimum absolute atomic E-state index is 0.351. The van der Waals surface area contributed by atoms with E-state index >= 15 is 0 Å². The summed E-state index contributed by atoms with van der Waals surface area (Å²) in [6.07, 6.45) is 1.44. The van der Waals surface area contributed by atoms with E-state index in [4.69, 9.17) is 0 Å². The Hall–Kier alpha value is -0.0800. The molecule has 2 saturated heterocycles. The van der Waals surface area contributed by atoms with Gasteiger partial charge in [-0.15, -0.1) is 0 Å². The molecule has 0 spiro atoms. The average Bonchev–Trinajstić information content (AvgIpc) is 2.39. The van der Waals surface area contributed by atoms with Crippen molar-refractivity contribution in [3.63, 3.8) is 0 Å². The summed E-state index contributed by atoms with van der Waals surface area (Å²) >= 11 is 0. The third-order valence-electron chi connectivity index (χ3n) is 4.07. The lowest BCUT2D eigenvalue weighted by Crippen LogP contribution is -2.51. The van der Waals surface area contributed by atoms with Gasteiger partial charge in [-0.3, -0.25) is 9.80 Å². The molecule has 2 fully saturated rings. The number of piperidine rings is 1. The molecule has 2 atom stereocenters. The Morgan fingerprint density at radius 3 is 2.27 bits per heavy atom. The molecule has 88 valence electrons. The fourth-order valence-electron chi connectivity index (χ4n) is 3.17. The minimum atomic E-state index is 0.351. The van der Waals surface area contributed by atoms with E-state index in [2.05, 4.69) is 44.4 Å². The lowest BCUT2D eigenvalue weighted by Gasteiger charge is -2.42. The molecule has 2 nitrogen and oxygen atoms in total. The first-order chi connectivity index (χ1) is 6.88. The molecule has 0 N–H and O–H groups in total. The van der Waals surface area contributed by atoms with E-state index in [0.717, 1.165) is 18.0 Å². The molecule has 2 rings (SSSR count). The number of rotatable bonds is 1. The molecule has 2 unspecified atom stereocenters. The van der Waals surface area contributed by atoms with Gasteiger partial charge in [-0.25, -0.2) is 0 Å². The molecule has 0 radical (unpaired) electrons. The summed E-state index contributed by atoms with van der Waals surface area (Å²) in [7, 11) is 0. The number of hydrogen-bond acceptors (Lipinski definition) is 2. The molecule has 2 aliphatic heterocycles. The van der Waals surface area contributed by atoms with E-state index in [9.17, 15) is 0 Å². The van der Waals surface area contributed by atoms with Gasteiger partial charge in [0.2, 0.25) is 0 Å². The van der Waals surface area contributed by atoms with Crippen LogP contribution in [0.25, 0.3) is 0 Å². The highest BCUT2D eigenvalue weighted by Crippen LogP contribution is 2.33. The molecular formula is C13H26N2. The van der Waals surface area contributed by atoms with E-state index in [1.54, 1.807) is 0 Å². The predicted molar refractivity (Wildman–Crippen MR) is 65.1 cm³/mol. The van der Waals surface area contributed by atoms with Crippen LogP contribution in [0.3, 0.4) is 0 Å². The van der Waals surface area contributed by atoms with Gasteiger partial charge in [0.1, 0.15) is 0 Å². The standard InChI is InChI=1S/C13H26N2/c1-10(2)15-8-11-6-12(15)9-14(7-11)13(3,4)5/h10-12H,6-9H2,1-5H3. The van der Waals surface area contributed by atoms with Gasteiger partial charge < -0.3 is 0 Å². The van der Waals surface area contributed by atoms with Gasteiger partial charge >= 0.3 is 0 Å². The summed E-state index contributed by atoms with van der Waals surface area (Å²) in [5.41, 5.74) is 0.351. The van der Waals surface area contributed by atoms with Crippen molar-refractivity contribution in [1.29, 1.82) is 0 Å². The van der Waals surface area contributed by atoms with E-state index < -0.39 is 0 Å². The first kappa shape index (κ1) is 11.4. The molecule has 0 aromatic heterocycles. The van der Waals surface area contributed by atoms with Crippen LogP contribution >= 0.6 is 0 Å². The molecule has 2 heterocycles. The Labute approximate surface area is 94.6 Å². The first-order valence-corrected chi connectivity index (χ1v) is 6.38. The van der Waals surface area contributed by atoms with Gasteiger partial charge in [-0.2, -0.15) is 0 Å². The lowest BCUT2D eigenvalue weighted by atomic mass is 9.94. The third kappa shape index (κ3) is 2.21. The zero-order valence-electron chi connectivity index (χ0n) is 11.0. The van der Waals surface area contributed by atoms with Crippen molar-refractivity contribution in [3.05, 3.63) is 0 Å². The molecule has 0 aromatic carbocycles. The molecule has 2 heteroatoms. The third-order valence-corrected chi connectivity index (χ3v) is 4.07. The van der Waals surface area contributed by atoms with Gasteiger partial charge in [-0.05, 0) is 47.0 Å². The van der Waals surface area contributed by atoms with Gasteiger partial charge in [-0.1, -0.05) is 0 Å². The number of likely N-dealkylation sites (tertiary alicyclic amines) is 2. The molecule has 2 aliphatic rings. The number of nitrogens with zero attached hydrogens (tertiary/aromatic N) is 2. The van der Waals surface area contributed by atoms with Crippen LogP contribution in [0.2, 0.25) is 0 Å². The molecular weight excluding hydrogens is 184 g/mol. The monoisotopic (exact) mass is 210 g/mol. The van der Waals surface area contributed by atoms with Crippen molar-refractivity contribution >= 4 is 0 Å². The maximum absolute atomic E-state index is 2.70. The smallest absolute Gasteiger partial charge is 0.0229 e. The molecule has 2 bridgehead atoms. The van der Waals surface area contributed by atoms with Crippen molar-refractivity contribution in [3.8, 4) is 0 Å². The van der Waals surface area contributed by atoms with Crippen LogP contribution < -0.4 is 0 Å². The molecule has 0 saturated carbocycles. The lowest BCUT2D eigenvalue weighted by molar-refractivity contribution is 0.0721. The van der Waals surface area contributed by atoms with E-state index in [1.165, 1.54) is 26.1 Å². The first-order valence-electron chi connectivity index (χ1n) is 6.38. The Morgan fingerprint density at radius 2 is 1.73 bits per heavy atom. The van der Waals surface area contributed by atoms with Crippen LogP contribution in [-0.4, -0.2) is 47.1 Å². The van der Waals surface area contributed by atoms with Crippen LogP contribution in [0, 0.1) is 5.92 Å². The van der Waals surface area contributed by atoms with E-state index in [1.807, 2.05) is 0 Å². The quantitative estimate of drug-likeness (QED) is 0.654. The molecule has 15 heavy (non-hydrogen) atoms. The van der Waals surface area contributed by atoms with Gasteiger partial charge in [0.25, 0.3) is 0 Å². The zero-order chi connectivity index (χ0) is 11.2. The Kier molecular flexibility index (Phi) is 2.85.